The van der Waals surface area contributed by atoms with E-state index in [9.17, 15) is 23.1 Å². The molecule has 1 amide bonds. The number of methoxy groups -OCH3 is 1. The number of nitrogens with zero attached hydrogens (tertiary/aromatic N) is 1. The Morgan fingerprint density at radius 2 is 1.89 bits per heavy atom. The highest BCUT2D eigenvalue weighted by molar-refractivity contribution is 7.89. The van der Waals surface area contributed by atoms with Gasteiger partial charge in [-0.3, -0.25) is 4.79 Å². The van der Waals surface area contributed by atoms with E-state index in [-0.39, 0.29) is 17.4 Å². The number of carboxylic acid groups (broad SMARTS) is 1. The van der Waals surface area contributed by atoms with Crippen LogP contribution in [-0.4, -0.2) is 50.8 Å². The number of ether oxygens (including phenoxy) is 1. The first-order valence-corrected chi connectivity index (χ1v) is 10.3. The van der Waals surface area contributed by atoms with Crippen LogP contribution in [0.4, 0.5) is 0 Å². The average Bonchev–Trinajstić information content (AvgIpc) is 2.65. The molecule has 0 aromatic heterocycles. The molecule has 0 aliphatic carbocycles. The third-order valence-electron chi connectivity index (χ3n) is 4.67. The predicted octanol–water partition coefficient (Wildman–Crippen LogP) is -0.0134. The highest BCUT2D eigenvalue weighted by atomic mass is 32.2. The first-order chi connectivity index (χ1) is 12.7. The lowest BCUT2D eigenvalue weighted by molar-refractivity contribution is -0.309. The molecule has 1 heterocycles. The summed E-state index contributed by atoms with van der Waals surface area (Å²) in [6, 6.07) is 4.94. The third-order valence-corrected chi connectivity index (χ3v) is 6.55. The van der Waals surface area contributed by atoms with Gasteiger partial charge in [0.15, 0.2) is 0 Å². The smallest absolute Gasteiger partial charge is 0.243 e. The van der Waals surface area contributed by atoms with E-state index in [1.165, 1.54) is 23.5 Å². The van der Waals surface area contributed by atoms with Crippen LogP contribution in [0.5, 0.6) is 5.75 Å². The molecule has 150 valence electrons. The second-order valence-electron chi connectivity index (χ2n) is 6.93. The monoisotopic (exact) mass is 397 g/mol. The van der Waals surface area contributed by atoms with Gasteiger partial charge in [-0.05, 0) is 43.0 Å². The lowest BCUT2D eigenvalue weighted by Crippen LogP contribution is -2.54. The van der Waals surface area contributed by atoms with E-state index < -0.39 is 33.9 Å². The number of nitrogens with one attached hydrogen (secondary N) is 1. The maximum Gasteiger partial charge on any atom is 0.243 e. The number of rotatable bonds is 7. The molecule has 0 saturated carbocycles. The molecule has 1 aromatic rings. The van der Waals surface area contributed by atoms with Gasteiger partial charge in [-0.25, -0.2) is 8.42 Å². The van der Waals surface area contributed by atoms with Gasteiger partial charge in [-0.15, -0.1) is 0 Å². The van der Waals surface area contributed by atoms with Crippen LogP contribution in [0.1, 0.15) is 26.7 Å². The third kappa shape index (κ3) is 4.98. The van der Waals surface area contributed by atoms with Gasteiger partial charge in [-0.1, -0.05) is 13.8 Å². The maximum absolute atomic E-state index is 12.8. The maximum atomic E-state index is 12.8. The minimum absolute atomic E-state index is 0.0120. The molecule has 9 heteroatoms. The molecule has 1 aliphatic heterocycles. The van der Waals surface area contributed by atoms with Gasteiger partial charge in [-0.2, -0.15) is 4.31 Å². The molecule has 0 bridgehead atoms. The van der Waals surface area contributed by atoms with Gasteiger partial charge in [0.2, 0.25) is 15.9 Å². The average molecular weight is 397 g/mol. The molecule has 0 radical (unpaired) electrons. The largest absolute Gasteiger partial charge is 0.548 e. The molecule has 8 nitrogen and oxygen atoms in total. The van der Waals surface area contributed by atoms with Crippen molar-refractivity contribution in [2.24, 2.45) is 11.8 Å². The van der Waals surface area contributed by atoms with Gasteiger partial charge in [0.25, 0.3) is 0 Å². The molecule has 2 atom stereocenters. The lowest BCUT2D eigenvalue weighted by Gasteiger charge is -2.33. The Morgan fingerprint density at radius 3 is 2.41 bits per heavy atom. The predicted molar refractivity (Wildman–Crippen MR) is 96.3 cm³/mol. The first kappa shape index (κ1) is 21.2. The summed E-state index contributed by atoms with van der Waals surface area (Å²) < 4.78 is 32.0. The molecule has 1 aliphatic rings. The standard InChI is InChI=1S/C18H26N2O6S/c1-12(2)16(18(22)23)19-17(21)13-5-4-10-20(11-13)27(24,25)15-8-6-14(26-3)7-9-15/h6-9,12-13,16H,4-5,10-11H2,1-3H3,(H,19,21)(H,22,23)/p-1/t13-,16+/m1/s1. The number of sulfonamides is 1. The number of carboxylic acids is 1. The first-order valence-electron chi connectivity index (χ1n) is 8.82. The fraction of sp³-hybridized carbons (Fsp3) is 0.556. The molecule has 1 saturated heterocycles. The number of piperidine rings is 1. The van der Waals surface area contributed by atoms with Gasteiger partial charge in [0.1, 0.15) is 5.75 Å². The number of benzene rings is 1. The molecule has 1 N–H and O–H groups in total. The van der Waals surface area contributed by atoms with Crippen LogP contribution < -0.4 is 15.2 Å². The van der Waals surface area contributed by atoms with Crippen molar-refractivity contribution in [1.29, 1.82) is 0 Å². The Kier molecular flexibility index (Phi) is 6.83. The fourth-order valence-electron chi connectivity index (χ4n) is 3.04. The highest BCUT2D eigenvalue weighted by Gasteiger charge is 2.34. The van der Waals surface area contributed by atoms with Crippen LogP contribution >= 0.6 is 0 Å². The van der Waals surface area contributed by atoms with Crippen LogP contribution in [0.25, 0.3) is 0 Å². The summed E-state index contributed by atoms with van der Waals surface area (Å²) in [5.74, 6) is -2.20. The van der Waals surface area contributed by atoms with Crippen molar-refractivity contribution < 1.29 is 27.9 Å². The van der Waals surface area contributed by atoms with Crippen LogP contribution in [0, 0.1) is 11.8 Å². The van der Waals surface area contributed by atoms with E-state index >= 15 is 0 Å². The Bertz CT molecular complexity index is 776. The molecule has 0 unspecified atom stereocenters. The van der Waals surface area contributed by atoms with Gasteiger partial charge < -0.3 is 20.0 Å². The van der Waals surface area contributed by atoms with Crippen LogP contribution in [-0.2, 0) is 19.6 Å². The SMILES string of the molecule is COc1ccc(S(=O)(=O)N2CCC[C@@H](C(=O)N[C@H](C(=O)[O-])C(C)C)C2)cc1. The Morgan fingerprint density at radius 1 is 1.26 bits per heavy atom. The van der Waals surface area contributed by atoms with E-state index in [1.807, 2.05) is 0 Å². The van der Waals surface area contributed by atoms with Gasteiger partial charge >= 0.3 is 0 Å². The molecule has 1 aromatic carbocycles. The van der Waals surface area contributed by atoms with Crippen molar-refractivity contribution in [2.75, 3.05) is 20.2 Å². The van der Waals surface area contributed by atoms with Crippen molar-refractivity contribution >= 4 is 21.9 Å². The Balaban J connectivity index is 2.12. The number of amides is 1. The lowest BCUT2D eigenvalue weighted by atomic mass is 9.97. The quantitative estimate of drug-likeness (QED) is 0.692. The summed E-state index contributed by atoms with van der Waals surface area (Å²) in [4.78, 5) is 23.8. The van der Waals surface area contributed by atoms with Crippen LogP contribution in [0.3, 0.4) is 0 Å². The van der Waals surface area contributed by atoms with Crippen molar-refractivity contribution in [3.63, 3.8) is 0 Å². The second-order valence-corrected chi connectivity index (χ2v) is 8.86. The van der Waals surface area contributed by atoms with Crippen molar-refractivity contribution in [3.8, 4) is 5.75 Å². The summed E-state index contributed by atoms with van der Waals surface area (Å²) >= 11 is 0. The van der Waals surface area contributed by atoms with E-state index in [2.05, 4.69) is 5.32 Å². The summed E-state index contributed by atoms with van der Waals surface area (Å²) in [5, 5.41) is 13.7. The zero-order chi connectivity index (χ0) is 20.2. The normalized spacial score (nSPS) is 19.5. The number of hydrogen-bond donors (Lipinski definition) is 1. The molecular formula is C18H25N2O6S-. The summed E-state index contributed by atoms with van der Waals surface area (Å²) in [7, 11) is -2.25. The zero-order valence-corrected chi connectivity index (χ0v) is 16.5. The van der Waals surface area contributed by atoms with Gasteiger partial charge in [0.05, 0.1) is 29.9 Å². The van der Waals surface area contributed by atoms with Crippen molar-refractivity contribution in [2.45, 2.75) is 37.6 Å². The van der Waals surface area contributed by atoms with Crippen LogP contribution in [0.2, 0.25) is 0 Å². The summed E-state index contributed by atoms with van der Waals surface area (Å²) in [6.45, 7) is 3.66. The van der Waals surface area contributed by atoms with Crippen molar-refractivity contribution in [3.05, 3.63) is 24.3 Å². The minimum atomic E-state index is -3.75. The summed E-state index contributed by atoms with van der Waals surface area (Å²) in [6.07, 6.45) is 1.02. The Hall–Kier alpha value is -2.13. The van der Waals surface area contributed by atoms with Gasteiger partial charge in [0, 0.05) is 13.1 Å². The number of aliphatic carboxylic acids is 1. The van der Waals surface area contributed by atoms with E-state index in [1.54, 1.807) is 26.0 Å². The molecule has 2 rings (SSSR count). The summed E-state index contributed by atoms with van der Waals surface area (Å²) in [5.41, 5.74) is 0. The second kappa shape index (κ2) is 8.71. The molecule has 1 fully saturated rings. The topological polar surface area (TPSA) is 116 Å². The number of hydrogen-bond acceptors (Lipinski definition) is 6. The zero-order valence-electron chi connectivity index (χ0n) is 15.7. The molecule has 0 spiro atoms. The number of carbonyl (C=O) groups excluding carboxylic acids is 2. The molecular weight excluding hydrogens is 372 g/mol. The number of carbonyl (C=O) groups is 2. The van der Waals surface area contributed by atoms with E-state index in [0.29, 0.717) is 25.1 Å². The highest BCUT2D eigenvalue weighted by Crippen LogP contribution is 2.25. The van der Waals surface area contributed by atoms with Crippen molar-refractivity contribution in [1.82, 2.24) is 9.62 Å². The van der Waals surface area contributed by atoms with E-state index in [0.717, 1.165) is 0 Å². The van der Waals surface area contributed by atoms with E-state index in [4.69, 9.17) is 4.74 Å². The Labute approximate surface area is 159 Å². The minimum Gasteiger partial charge on any atom is -0.548 e. The van der Waals surface area contributed by atoms with Crippen LogP contribution in [0.15, 0.2) is 29.2 Å². The molecule has 27 heavy (non-hydrogen) atoms. The fourth-order valence-corrected chi connectivity index (χ4v) is 4.56.